The molecular formula is C7H14N2O2S. The molecule has 0 bridgehead atoms. The van der Waals surface area contributed by atoms with Crippen molar-refractivity contribution < 1.29 is 9.53 Å². The summed E-state index contributed by atoms with van der Waals surface area (Å²) >= 11 is 4.57. The van der Waals surface area contributed by atoms with Crippen molar-refractivity contribution in [3.8, 4) is 0 Å². The molecule has 3 N–H and O–H groups in total. The topological polar surface area (TPSA) is 64.3 Å². The number of hydrogen-bond donors (Lipinski definition) is 2. The smallest absolute Gasteiger partial charge is 0.226 e. The number of thiocarbonyl (C=S) groups is 1. The number of nitrogens with two attached hydrogens (primary N) is 1. The maximum atomic E-state index is 10.9. The number of methoxy groups -OCH3 is 1. The lowest BCUT2D eigenvalue weighted by Gasteiger charge is -2.09. The SMILES string of the molecule is COC(C)CNC(=O)CC(N)=S. The molecule has 12 heavy (non-hydrogen) atoms. The Labute approximate surface area is 77.5 Å². The third-order valence-electron chi connectivity index (χ3n) is 1.32. The second-order valence-corrected chi connectivity index (χ2v) is 3.02. The lowest BCUT2D eigenvalue weighted by Crippen LogP contribution is -2.33. The maximum absolute atomic E-state index is 10.9. The Morgan fingerprint density at radius 2 is 2.33 bits per heavy atom. The van der Waals surface area contributed by atoms with Crippen molar-refractivity contribution >= 4 is 23.1 Å². The van der Waals surface area contributed by atoms with E-state index in [-0.39, 0.29) is 23.4 Å². The van der Waals surface area contributed by atoms with Crippen LogP contribution in [0.2, 0.25) is 0 Å². The van der Waals surface area contributed by atoms with E-state index >= 15 is 0 Å². The van der Waals surface area contributed by atoms with Crippen molar-refractivity contribution in [2.45, 2.75) is 19.4 Å². The normalized spacial score (nSPS) is 12.2. The monoisotopic (exact) mass is 190 g/mol. The van der Waals surface area contributed by atoms with Gasteiger partial charge in [0.05, 0.1) is 17.5 Å². The molecule has 0 aliphatic rings. The summed E-state index contributed by atoms with van der Waals surface area (Å²) < 4.78 is 4.93. The highest BCUT2D eigenvalue weighted by Gasteiger charge is 2.04. The number of hydrogen-bond acceptors (Lipinski definition) is 3. The van der Waals surface area contributed by atoms with E-state index in [1.54, 1.807) is 7.11 Å². The van der Waals surface area contributed by atoms with Crippen LogP contribution in [0.25, 0.3) is 0 Å². The molecule has 0 spiro atoms. The van der Waals surface area contributed by atoms with Crippen LogP contribution in [0.3, 0.4) is 0 Å². The van der Waals surface area contributed by atoms with E-state index in [2.05, 4.69) is 17.5 Å². The number of nitrogens with one attached hydrogen (secondary N) is 1. The van der Waals surface area contributed by atoms with Crippen LogP contribution in [0.15, 0.2) is 0 Å². The predicted molar refractivity (Wildman–Crippen MR) is 50.9 cm³/mol. The van der Waals surface area contributed by atoms with Crippen LogP contribution in [0.4, 0.5) is 0 Å². The Bertz CT molecular complexity index is 173. The minimum Gasteiger partial charge on any atom is -0.393 e. The highest BCUT2D eigenvalue weighted by Crippen LogP contribution is 1.85. The van der Waals surface area contributed by atoms with Crippen molar-refractivity contribution in [3.63, 3.8) is 0 Å². The van der Waals surface area contributed by atoms with Crippen molar-refractivity contribution in [1.82, 2.24) is 5.32 Å². The molecule has 0 aromatic heterocycles. The van der Waals surface area contributed by atoms with Crippen LogP contribution >= 0.6 is 12.2 Å². The van der Waals surface area contributed by atoms with E-state index in [1.165, 1.54) is 0 Å². The highest BCUT2D eigenvalue weighted by atomic mass is 32.1. The Morgan fingerprint density at radius 1 is 1.75 bits per heavy atom. The molecule has 1 amide bonds. The fourth-order valence-electron chi connectivity index (χ4n) is 0.562. The van der Waals surface area contributed by atoms with Crippen LogP contribution in [-0.2, 0) is 9.53 Å². The van der Waals surface area contributed by atoms with Gasteiger partial charge in [-0.05, 0) is 6.92 Å². The van der Waals surface area contributed by atoms with Gasteiger partial charge in [0.15, 0.2) is 0 Å². The molecule has 1 atom stereocenters. The molecule has 0 aromatic rings. The number of carbonyl (C=O) groups is 1. The van der Waals surface area contributed by atoms with Gasteiger partial charge < -0.3 is 15.8 Å². The molecule has 5 heteroatoms. The number of carbonyl (C=O) groups excluding carboxylic acids is 1. The van der Waals surface area contributed by atoms with Crippen LogP contribution in [0, 0.1) is 0 Å². The zero-order valence-electron chi connectivity index (χ0n) is 7.29. The fraction of sp³-hybridized carbons (Fsp3) is 0.714. The van der Waals surface area contributed by atoms with Gasteiger partial charge in [-0.15, -0.1) is 0 Å². The Morgan fingerprint density at radius 3 is 2.75 bits per heavy atom. The first-order chi connectivity index (χ1) is 5.56. The summed E-state index contributed by atoms with van der Waals surface area (Å²) in [6.07, 6.45) is 0.117. The van der Waals surface area contributed by atoms with Gasteiger partial charge in [0.1, 0.15) is 0 Å². The molecule has 0 saturated heterocycles. The van der Waals surface area contributed by atoms with E-state index in [9.17, 15) is 4.79 Å². The van der Waals surface area contributed by atoms with Gasteiger partial charge in [0, 0.05) is 13.7 Å². The van der Waals surface area contributed by atoms with E-state index < -0.39 is 0 Å². The zero-order valence-corrected chi connectivity index (χ0v) is 8.11. The molecule has 0 aromatic carbocycles. The molecule has 0 saturated carbocycles. The minimum atomic E-state index is -0.161. The average Bonchev–Trinajstić information content (AvgIpc) is 1.99. The van der Waals surface area contributed by atoms with Crippen molar-refractivity contribution in [2.24, 2.45) is 5.73 Å². The standard InChI is InChI=1S/C7H14N2O2S/c1-5(11-2)4-9-7(10)3-6(8)12/h5H,3-4H2,1-2H3,(H2,8,12)(H,9,10). The Kier molecular flexibility index (Phi) is 5.57. The van der Waals surface area contributed by atoms with Gasteiger partial charge in [-0.3, -0.25) is 4.79 Å². The summed E-state index contributed by atoms with van der Waals surface area (Å²) in [5.74, 6) is -0.161. The van der Waals surface area contributed by atoms with Crippen molar-refractivity contribution in [3.05, 3.63) is 0 Å². The largest absolute Gasteiger partial charge is 0.393 e. The Hall–Kier alpha value is -0.680. The average molecular weight is 190 g/mol. The summed E-state index contributed by atoms with van der Waals surface area (Å²) in [4.78, 5) is 11.1. The third-order valence-corrected chi connectivity index (χ3v) is 1.47. The summed E-state index contributed by atoms with van der Waals surface area (Å²) in [7, 11) is 1.59. The van der Waals surface area contributed by atoms with Crippen molar-refractivity contribution in [1.29, 1.82) is 0 Å². The lowest BCUT2D eigenvalue weighted by atomic mass is 10.3. The van der Waals surface area contributed by atoms with Gasteiger partial charge in [-0.2, -0.15) is 0 Å². The molecule has 1 unspecified atom stereocenters. The number of amides is 1. The van der Waals surface area contributed by atoms with E-state index in [0.717, 1.165) is 0 Å². The van der Waals surface area contributed by atoms with E-state index in [0.29, 0.717) is 6.54 Å². The first-order valence-electron chi connectivity index (χ1n) is 3.64. The van der Waals surface area contributed by atoms with Gasteiger partial charge in [-0.25, -0.2) is 0 Å². The number of ether oxygens (including phenoxy) is 1. The molecule has 4 nitrogen and oxygen atoms in total. The molecule has 0 aliphatic heterocycles. The molecule has 70 valence electrons. The third kappa shape index (κ3) is 6.06. The maximum Gasteiger partial charge on any atom is 0.226 e. The molecule has 0 rings (SSSR count). The van der Waals surface area contributed by atoms with Crippen LogP contribution in [0.5, 0.6) is 0 Å². The van der Waals surface area contributed by atoms with Gasteiger partial charge in [0.25, 0.3) is 0 Å². The molecule has 0 radical (unpaired) electrons. The molecule has 0 aliphatic carbocycles. The number of rotatable bonds is 5. The lowest BCUT2D eigenvalue weighted by molar-refractivity contribution is -0.120. The van der Waals surface area contributed by atoms with Crippen molar-refractivity contribution in [2.75, 3.05) is 13.7 Å². The first kappa shape index (κ1) is 11.3. The molecular weight excluding hydrogens is 176 g/mol. The summed E-state index contributed by atoms with van der Waals surface area (Å²) in [5, 5.41) is 2.63. The van der Waals surface area contributed by atoms with Crippen LogP contribution in [-0.4, -0.2) is 30.7 Å². The molecule has 0 fully saturated rings. The van der Waals surface area contributed by atoms with Gasteiger partial charge >= 0.3 is 0 Å². The second-order valence-electron chi connectivity index (χ2n) is 2.49. The summed E-state index contributed by atoms with van der Waals surface area (Å²) in [5.41, 5.74) is 5.17. The summed E-state index contributed by atoms with van der Waals surface area (Å²) in [6.45, 7) is 2.35. The predicted octanol–water partition coefficient (Wildman–Crippen LogP) is -0.186. The molecule has 0 heterocycles. The fourth-order valence-corrected chi connectivity index (χ4v) is 0.693. The van der Waals surface area contributed by atoms with Crippen LogP contribution < -0.4 is 11.1 Å². The van der Waals surface area contributed by atoms with Gasteiger partial charge in [0.2, 0.25) is 5.91 Å². The van der Waals surface area contributed by atoms with Gasteiger partial charge in [-0.1, -0.05) is 12.2 Å². The minimum absolute atomic E-state index is 0.0142. The second kappa shape index (κ2) is 5.91. The zero-order chi connectivity index (χ0) is 9.56. The quantitative estimate of drug-likeness (QED) is 0.590. The first-order valence-corrected chi connectivity index (χ1v) is 4.05. The highest BCUT2D eigenvalue weighted by molar-refractivity contribution is 7.80. The summed E-state index contributed by atoms with van der Waals surface area (Å²) in [6, 6.07) is 0. The Balaban J connectivity index is 3.50. The van der Waals surface area contributed by atoms with Crippen LogP contribution in [0.1, 0.15) is 13.3 Å². The van der Waals surface area contributed by atoms with E-state index in [1.807, 2.05) is 6.92 Å². The van der Waals surface area contributed by atoms with E-state index in [4.69, 9.17) is 10.5 Å².